The molecule has 0 atom stereocenters. The third kappa shape index (κ3) is 0.833. The first-order chi connectivity index (χ1) is 6.36. The molecular formula is C9H10N4. The van der Waals surface area contributed by atoms with Crippen LogP contribution in [0.4, 0.5) is 0 Å². The largest absolute Gasteiger partial charge is 0.307 e. The summed E-state index contributed by atoms with van der Waals surface area (Å²) in [6, 6.07) is 1.97. The van der Waals surface area contributed by atoms with E-state index in [0.717, 1.165) is 30.1 Å². The van der Waals surface area contributed by atoms with Crippen molar-refractivity contribution in [3.63, 3.8) is 0 Å². The third-order valence-corrected chi connectivity index (χ3v) is 2.48. The lowest BCUT2D eigenvalue weighted by molar-refractivity contribution is 0.729. The van der Waals surface area contributed by atoms with Crippen molar-refractivity contribution in [1.29, 1.82) is 0 Å². The van der Waals surface area contributed by atoms with Crippen LogP contribution in [-0.2, 0) is 13.1 Å². The second kappa shape index (κ2) is 2.29. The van der Waals surface area contributed by atoms with Crippen molar-refractivity contribution in [2.75, 3.05) is 0 Å². The number of nitrogens with zero attached hydrogens (tertiary/aromatic N) is 3. The fraction of sp³-hybridized carbons (Fsp3) is 0.333. The van der Waals surface area contributed by atoms with Gasteiger partial charge in [0.15, 0.2) is 5.65 Å². The van der Waals surface area contributed by atoms with Crippen LogP contribution in [0.1, 0.15) is 17.0 Å². The lowest BCUT2D eigenvalue weighted by Crippen LogP contribution is -2.05. The summed E-state index contributed by atoms with van der Waals surface area (Å²) in [6.07, 6.45) is 1.84. The summed E-state index contributed by atoms with van der Waals surface area (Å²) in [7, 11) is 0. The van der Waals surface area contributed by atoms with Crippen molar-refractivity contribution in [2.24, 2.45) is 0 Å². The van der Waals surface area contributed by atoms with Crippen LogP contribution in [0.15, 0.2) is 12.3 Å². The van der Waals surface area contributed by atoms with E-state index in [1.165, 1.54) is 5.56 Å². The number of aryl methyl sites for hydroxylation is 1. The number of hydrogen-bond acceptors (Lipinski definition) is 3. The van der Waals surface area contributed by atoms with Gasteiger partial charge in [0.2, 0.25) is 0 Å². The molecular weight excluding hydrogens is 164 g/mol. The topological polar surface area (TPSA) is 42.2 Å². The average molecular weight is 174 g/mol. The molecule has 13 heavy (non-hydrogen) atoms. The molecule has 0 radical (unpaired) electrons. The van der Waals surface area contributed by atoms with E-state index >= 15 is 0 Å². The van der Waals surface area contributed by atoms with Crippen LogP contribution in [0.3, 0.4) is 0 Å². The van der Waals surface area contributed by atoms with Gasteiger partial charge in [-0.15, -0.1) is 0 Å². The first kappa shape index (κ1) is 7.03. The van der Waals surface area contributed by atoms with E-state index in [2.05, 4.69) is 15.4 Å². The minimum atomic E-state index is 0.873. The lowest BCUT2D eigenvalue weighted by atomic mass is 10.3. The van der Waals surface area contributed by atoms with Gasteiger partial charge in [-0.3, -0.25) is 0 Å². The molecule has 4 heteroatoms. The zero-order valence-electron chi connectivity index (χ0n) is 7.41. The molecule has 0 bridgehead atoms. The number of aromatic nitrogens is 3. The van der Waals surface area contributed by atoms with Gasteiger partial charge in [0.1, 0.15) is 0 Å². The lowest BCUT2D eigenvalue weighted by Gasteiger charge is -1.98. The summed E-state index contributed by atoms with van der Waals surface area (Å²) in [6.45, 7) is 3.82. The number of fused-ring (bicyclic) bond motifs is 3. The maximum absolute atomic E-state index is 4.48. The Kier molecular flexibility index (Phi) is 1.24. The van der Waals surface area contributed by atoms with Gasteiger partial charge in [-0.25, -0.2) is 9.50 Å². The van der Waals surface area contributed by atoms with Crippen molar-refractivity contribution < 1.29 is 0 Å². The Bertz CT molecular complexity index is 472. The fourth-order valence-corrected chi connectivity index (χ4v) is 1.78. The second-order valence-electron chi connectivity index (χ2n) is 3.35. The predicted molar refractivity (Wildman–Crippen MR) is 48.3 cm³/mol. The standard InChI is InChI=1S/C9H10N4/c1-6-2-3-11-9-7-4-10-5-8(7)12-13(6)9/h2-3,10H,4-5H2,1H3. The molecule has 0 aliphatic carbocycles. The third-order valence-electron chi connectivity index (χ3n) is 2.48. The maximum atomic E-state index is 4.48. The molecule has 0 amide bonds. The van der Waals surface area contributed by atoms with Gasteiger partial charge >= 0.3 is 0 Å². The maximum Gasteiger partial charge on any atom is 0.160 e. The summed E-state index contributed by atoms with van der Waals surface area (Å²) >= 11 is 0. The van der Waals surface area contributed by atoms with E-state index in [4.69, 9.17) is 0 Å². The summed E-state index contributed by atoms with van der Waals surface area (Å²) in [4.78, 5) is 4.33. The van der Waals surface area contributed by atoms with Crippen LogP contribution in [0.25, 0.3) is 5.65 Å². The minimum absolute atomic E-state index is 0.873. The van der Waals surface area contributed by atoms with E-state index < -0.39 is 0 Å². The Morgan fingerprint density at radius 1 is 1.46 bits per heavy atom. The Labute approximate surface area is 75.6 Å². The molecule has 0 fully saturated rings. The normalized spacial score (nSPS) is 15.2. The Morgan fingerprint density at radius 2 is 2.38 bits per heavy atom. The summed E-state index contributed by atoms with van der Waals surface area (Å²) in [5.74, 6) is 0. The number of rotatable bonds is 0. The highest BCUT2D eigenvalue weighted by Crippen LogP contribution is 2.18. The van der Waals surface area contributed by atoms with Crippen LogP contribution in [0.5, 0.6) is 0 Å². The summed E-state index contributed by atoms with van der Waals surface area (Å²) in [5.41, 5.74) is 4.53. The van der Waals surface area contributed by atoms with Gasteiger partial charge in [-0.1, -0.05) is 0 Å². The molecule has 2 aromatic rings. The van der Waals surface area contributed by atoms with Gasteiger partial charge < -0.3 is 5.32 Å². The molecule has 0 unspecified atom stereocenters. The fourth-order valence-electron chi connectivity index (χ4n) is 1.78. The van der Waals surface area contributed by atoms with Gasteiger partial charge in [0, 0.05) is 30.5 Å². The highest BCUT2D eigenvalue weighted by molar-refractivity contribution is 5.51. The van der Waals surface area contributed by atoms with Gasteiger partial charge in [0.05, 0.1) is 5.69 Å². The Hall–Kier alpha value is -1.42. The van der Waals surface area contributed by atoms with Crippen molar-refractivity contribution in [2.45, 2.75) is 20.0 Å². The Morgan fingerprint density at radius 3 is 3.31 bits per heavy atom. The van der Waals surface area contributed by atoms with Crippen molar-refractivity contribution in [1.82, 2.24) is 19.9 Å². The quantitative estimate of drug-likeness (QED) is 0.637. The molecule has 3 heterocycles. The predicted octanol–water partition coefficient (Wildman–Crippen LogP) is 0.641. The van der Waals surface area contributed by atoms with Crippen LogP contribution >= 0.6 is 0 Å². The van der Waals surface area contributed by atoms with Crippen LogP contribution < -0.4 is 5.32 Å². The van der Waals surface area contributed by atoms with Crippen molar-refractivity contribution >= 4 is 5.65 Å². The minimum Gasteiger partial charge on any atom is -0.307 e. The van der Waals surface area contributed by atoms with Crippen LogP contribution in [0.2, 0.25) is 0 Å². The summed E-state index contributed by atoms with van der Waals surface area (Å²) < 4.78 is 1.92. The highest BCUT2D eigenvalue weighted by Gasteiger charge is 2.18. The molecule has 0 spiro atoms. The van der Waals surface area contributed by atoms with Gasteiger partial charge in [-0.2, -0.15) is 5.10 Å². The van der Waals surface area contributed by atoms with Gasteiger partial charge in [0.25, 0.3) is 0 Å². The molecule has 2 aromatic heterocycles. The molecule has 0 saturated heterocycles. The van der Waals surface area contributed by atoms with E-state index in [-0.39, 0.29) is 0 Å². The molecule has 4 nitrogen and oxygen atoms in total. The molecule has 1 N–H and O–H groups in total. The number of nitrogens with one attached hydrogen (secondary N) is 1. The zero-order valence-corrected chi connectivity index (χ0v) is 7.41. The van der Waals surface area contributed by atoms with Crippen molar-refractivity contribution in [3.8, 4) is 0 Å². The molecule has 3 rings (SSSR count). The number of hydrogen-bond donors (Lipinski definition) is 1. The molecule has 0 aromatic carbocycles. The molecule has 0 saturated carbocycles. The van der Waals surface area contributed by atoms with Gasteiger partial charge in [-0.05, 0) is 13.0 Å². The van der Waals surface area contributed by atoms with E-state index in [9.17, 15) is 0 Å². The second-order valence-corrected chi connectivity index (χ2v) is 3.35. The van der Waals surface area contributed by atoms with Crippen LogP contribution in [-0.4, -0.2) is 14.6 Å². The molecule has 1 aliphatic heterocycles. The van der Waals surface area contributed by atoms with E-state index in [0.29, 0.717) is 0 Å². The van der Waals surface area contributed by atoms with E-state index in [1.807, 2.05) is 23.7 Å². The molecule has 66 valence electrons. The van der Waals surface area contributed by atoms with Crippen LogP contribution in [0, 0.1) is 6.92 Å². The first-order valence-electron chi connectivity index (χ1n) is 4.39. The van der Waals surface area contributed by atoms with Crippen molar-refractivity contribution in [3.05, 3.63) is 29.2 Å². The SMILES string of the molecule is Cc1ccnc2c3c(nn12)CNC3. The van der Waals surface area contributed by atoms with E-state index in [1.54, 1.807) is 0 Å². The first-order valence-corrected chi connectivity index (χ1v) is 4.39. The zero-order chi connectivity index (χ0) is 8.84. The summed E-state index contributed by atoms with van der Waals surface area (Å²) in [5, 5.41) is 7.75. The Balaban J connectivity index is 2.44. The highest BCUT2D eigenvalue weighted by atomic mass is 15.3. The molecule has 1 aliphatic rings. The monoisotopic (exact) mass is 174 g/mol. The smallest absolute Gasteiger partial charge is 0.160 e. The average Bonchev–Trinajstić information content (AvgIpc) is 2.65.